The van der Waals surface area contributed by atoms with Gasteiger partial charge in [-0.3, -0.25) is 14.2 Å². The van der Waals surface area contributed by atoms with Crippen molar-refractivity contribution in [1.82, 2.24) is 29.9 Å². The molecule has 1 aliphatic rings. The van der Waals surface area contributed by atoms with Crippen molar-refractivity contribution in [1.29, 1.82) is 0 Å². The molecule has 2 N–H and O–H groups in total. The van der Waals surface area contributed by atoms with Crippen LogP contribution in [0.15, 0.2) is 42.5 Å². The van der Waals surface area contributed by atoms with Gasteiger partial charge < -0.3 is 10.4 Å². The predicted octanol–water partition coefficient (Wildman–Crippen LogP) is 7.12. The van der Waals surface area contributed by atoms with Gasteiger partial charge in [-0.15, -0.1) is 0 Å². The molecule has 67 heavy (non-hydrogen) atoms. The predicted molar refractivity (Wildman–Crippen MR) is 224 cm³/mol. The number of hydrogen-bond donors (Lipinski definition) is 2. The molecule has 0 spiro atoms. The van der Waals surface area contributed by atoms with Gasteiger partial charge >= 0.3 is 12.4 Å². The molecule has 3 aromatic heterocycles. The fourth-order valence-corrected chi connectivity index (χ4v) is 8.76. The third-order valence-electron chi connectivity index (χ3n) is 10.8. The van der Waals surface area contributed by atoms with Crippen molar-refractivity contribution in [3.05, 3.63) is 93.0 Å². The molecule has 26 heteroatoms. The molecular weight excluding hydrogens is 976 g/mol. The van der Waals surface area contributed by atoms with E-state index in [2.05, 4.69) is 32.3 Å². The summed E-state index contributed by atoms with van der Waals surface area (Å²) in [7, 11) is -8.27. The number of pyridine rings is 1. The highest BCUT2D eigenvalue weighted by molar-refractivity contribution is 7.92. The SMILES string of the molecule is C[C@@H]1Cc2c(C(F)(F)F)nn(CC(=O)N[C@@H](Cc3cc(F)cc(F)c3)c3nc(C#CC(C)(C)S(C)(=O)=O)ccc3-c3ccc(Cl)c4c(N(CCO)S(C)(=O)=O)nn(CC(F)(F)F)c34)c2C1(F)F. The maximum Gasteiger partial charge on any atom is 0.435 e. The first kappa shape index (κ1) is 51.0. The molecule has 362 valence electrons. The number of amides is 1. The monoisotopic (exact) mass is 1010 g/mol. The number of halogens is 11. The average Bonchev–Trinajstić information content (AvgIpc) is 3.80. The van der Waals surface area contributed by atoms with Crippen molar-refractivity contribution in [3.8, 4) is 23.0 Å². The van der Waals surface area contributed by atoms with E-state index in [-0.39, 0.29) is 32.1 Å². The Morgan fingerprint density at radius 1 is 0.985 bits per heavy atom. The quantitative estimate of drug-likeness (QED) is 0.0922. The average molecular weight is 1010 g/mol. The second kappa shape index (κ2) is 17.9. The third-order valence-corrected chi connectivity index (χ3v) is 14.2. The number of aliphatic hydroxyl groups is 1. The van der Waals surface area contributed by atoms with E-state index in [1.165, 1.54) is 26.0 Å². The van der Waals surface area contributed by atoms with E-state index >= 15 is 8.78 Å². The van der Waals surface area contributed by atoms with Crippen LogP contribution in [0.25, 0.3) is 22.0 Å². The number of sulfonamides is 1. The minimum atomic E-state index is -5.22. The van der Waals surface area contributed by atoms with Crippen LogP contribution in [0.1, 0.15) is 60.7 Å². The Kier molecular flexibility index (Phi) is 13.6. The van der Waals surface area contributed by atoms with Crippen molar-refractivity contribution >= 4 is 54.1 Å². The molecule has 0 radical (unpaired) electrons. The maximum atomic E-state index is 15.5. The first-order chi connectivity index (χ1) is 30.7. The molecule has 13 nitrogen and oxygen atoms in total. The number of nitrogens with one attached hydrogen (secondary N) is 1. The number of aromatic nitrogens is 5. The number of carbonyl (C=O) groups is 1. The van der Waals surface area contributed by atoms with E-state index < -0.39 is 151 Å². The van der Waals surface area contributed by atoms with E-state index in [1.807, 2.05) is 0 Å². The molecule has 0 fully saturated rings. The molecule has 2 aromatic carbocycles. The highest BCUT2D eigenvalue weighted by Crippen LogP contribution is 2.50. The fourth-order valence-electron chi connectivity index (χ4n) is 7.43. The number of rotatable bonds is 13. The Balaban J connectivity index is 1.65. The van der Waals surface area contributed by atoms with Crippen LogP contribution in [0.4, 0.5) is 49.7 Å². The summed E-state index contributed by atoms with van der Waals surface area (Å²) in [6, 6.07) is 5.07. The lowest BCUT2D eigenvalue weighted by Gasteiger charge is -2.23. The smallest absolute Gasteiger partial charge is 0.394 e. The Morgan fingerprint density at radius 3 is 2.18 bits per heavy atom. The van der Waals surface area contributed by atoms with E-state index in [9.17, 15) is 61.9 Å². The lowest BCUT2D eigenvalue weighted by molar-refractivity contribution is -0.143. The summed E-state index contributed by atoms with van der Waals surface area (Å²) in [5.74, 6) is -4.64. The molecule has 3 heterocycles. The van der Waals surface area contributed by atoms with Crippen LogP contribution in [-0.2, 0) is 62.7 Å². The molecule has 5 aromatic rings. The molecule has 1 aliphatic carbocycles. The zero-order valence-corrected chi connectivity index (χ0v) is 38.0. The molecule has 0 saturated heterocycles. The number of alkyl halides is 8. The zero-order valence-electron chi connectivity index (χ0n) is 35.6. The number of sulfone groups is 1. The van der Waals surface area contributed by atoms with Gasteiger partial charge in [0.15, 0.2) is 21.3 Å². The van der Waals surface area contributed by atoms with Gasteiger partial charge in [0.05, 0.1) is 47.1 Å². The van der Waals surface area contributed by atoms with Crippen molar-refractivity contribution in [2.24, 2.45) is 5.92 Å². The molecule has 1 amide bonds. The number of carbonyl (C=O) groups excluding carboxylic acids is 1. The topological polar surface area (TPSA) is 169 Å². The normalized spacial score (nSPS) is 15.9. The molecule has 0 saturated carbocycles. The standard InChI is InChI=1S/C41H38ClF10N7O6S2/c1-21-14-28-35(41(50,51)52)55-57(36(28)40(21,48)49)19-31(61)54-30(17-22-15-23(43)18-24(44)16-22)33-26(7-6-25(53-33)10-11-38(2,3)66(4,62)63)27-8-9-29(42)32-34(27)58(20-39(45,46)47)56-37(32)59(12-13-60)67(5,64)65/h6-9,15-16,18,21,30,60H,12-14,17,19-20H2,1-5H3,(H,54,61)/t21-,30+/m1/s1. The number of fused-ring (bicyclic) bond motifs is 2. The Bertz CT molecular complexity index is 3050. The van der Waals surface area contributed by atoms with Crippen LogP contribution in [0, 0.1) is 29.4 Å². The number of nitrogens with zero attached hydrogens (tertiary/aromatic N) is 6. The first-order valence-electron chi connectivity index (χ1n) is 19.6. The van der Waals surface area contributed by atoms with Crippen molar-refractivity contribution in [3.63, 3.8) is 0 Å². The van der Waals surface area contributed by atoms with E-state index in [0.717, 1.165) is 37.4 Å². The van der Waals surface area contributed by atoms with Crippen LogP contribution in [0.3, 0.4) is 0 Å². The van der Waals surface area contributed by atoms with Crippen LogP contribution in [-0.4, -0.2) is 89.0 Å². The van der Waals surface area contributed by atoms with Crippen LogP contribution in [0.2, 0.25) is 5.02 Å². The van der Waals surface area contributed by atoms with Gasteiger partial charge in [0.2, 0.25) is 15.9 Å². The maximum absolute atomic E-state index is 15.5. The number of aliphatic hydroxyl groups excluding tert-OH is 1. The van der Waals surface area contributed by atoms with E-state index in [0.29, 0.717) is 21.3 Å². The summed E-state index contributed by atoms with van der Waals surface area (Å²) in [4.78, 5) is 18.6. The van der Waals surface area contributed by atoms with E-state index in [1.54, 1.807) is 0 Å². The van der Waals surface area contributed by atoms with Gasteiger partial charge in [-0.2, -0.15) is 45.3 Å². The highest BCUT2D eigenvalue weighted by atomic mass is 35.5. The summed E-state index contributed by atoms with van der Waals surface area (Å²) in [5, 5.41) is 18.7. The summed E-state index contributed by atoms with van der Waals surface area (Å²) in [6.07, 6.45) is -10.1. The second-order valence-corrected chi connectivity index (χ2v) is 21.2. The lowest BCUT2D eigenvalue weighted by Crippen LogP contribution is -2.35. The minimum Gasteiger partial charge on any atom is -0.394 e. The summed E-state index contributed by atoms with van der Waals surface area (Å²) >= 11 is 6.57. The second-order valence-electron chi connectivity index (χ2n) is 16.3. The lowest BCUT2D eigenvalue weighted by atomic mass is 9.93. The molecular formula is C41H38ClF10N7O6S2. The van der Waals surface area contributed by atoms with E-state index in [4.69, 9.17) is 11.6 Å². The fraction of sp³-hybridized carbons (Fsp3) is 0.415. The molecule has 2 atom stereocenters. The summed E-state index contributed by atoms with van der Waals surface area (Å²) in [6.45, 7) is -1.19. The zero-order chi connectivity index (χ0) is 50.0. The van der Waals surface area contributed by atoms with Gasteiger partial charge in [-0.05, 0) is 68.5 Å². The highest BCUT2D eigenvalue weighted by Gasteiger charge is 2.54. The number of anilines is 1. The summed E-state index contributed by atoms with van der Waals surface area (Å²) < 4.78 is 196. The van der Waals surface area contributed by atoms with Crippen LogP contribution < -0.4 is 9.62 Å². The Morgan fingerprint density at radius 2 is 1.61 bits per heavy atom. The van der Waals surface area contributed by atoms with Crippen molar-refractivity contribution < 1.29 is 70.6 Å². The van der Waals surface area contributed by atoms with Gasteiger partial charge in [0, 0.05) is 34.9 Å². The number of benzene rings is 2. The molecule has 6 rings (SSSR count). The summed E-state index contributed by atoms with van der Waals surface area (Å²) in [5.41, 5.74) is -5.59. The molecule has 0 unspecified atom stereocenters. The van der Waals surface area contributed by atoms with Crippen LogP contribution in [0.5, 0.6) is 0 Å². The van der Waals surface area contributed by atoms with Crippen molar-refractivity contribution in [2.45, 2.75) is 75.8 Å². The van der Waals surface area contributed by atoms with Gasteiger partial charge in [0.1, 0.15) is 40.9 Å². The molecule has 0 bridgehead atoms. The van der Waals surface area contributed by atoms with Gasteiger partial charge in [-0.1, -0.05) is 30.5 Å². The Hall–Kier alpha value is -5.45. The molecule has 0 aliphatic heterocycles. The Labute approximate surface area is 381 Å². The van der Waals surface area contributed by atoms with Gasteiger partial charge in [0.25, 0.3) is 5.92 Å². The largest absolute Gasteiger partial charge is 0.435 e. The van der Waals surface area contributed by atoms with Crippen molar-refractivity contribution in [2.75, 3.05) is 30.0 Å². The minimum absolute atomic E-state index is 0.180. The number of hydrogen-bond acceptors (Lipinski definition) is 9. The van der Waals surface area contributed by atoms with Gasteiger partial charge in [-0.25, -0.2) is 34.9 Å². The van der Waals surface area contributed by atoms with Crippen LogP contribution >= 0.6 is 11.6 Å². The third kappa shape index (κ3) is 10.7. The first-order valence-corrected chi connectivity index (χ1v) is 23.7.